The summed E-state index contributed by atoms with van der Waals surface area (Å²) in [6, 6.07) is 6.10. The second kappa shape index (κ2) is 4.26. The topological polar surface area (TPSA) is 22.0 Å². The molecule has 0 fully saturated rings. The molecular formula is C13H15NOS. The first kappa shape index (κ1) is 11.1. The fraction of sp³-hybridized carbons (Fsp3) is 0.308. The zero-order valence-electron chi connectivity index (χ0n) is 9.73. The van der Waals surface area contributed by atoms with Gasteiger partial charge in [0, 0.05) is 29.4 Å². The van der Waals surface area contributed by atoms with Crippen LogP contribution in [0.15, 0.2) is 24.4 Å². The number of hydrogen-bond acceptors (Lipinski definition) is 2. The number of rotatable bonds is 3. The van der Waals surface area contributed by atoms with Crippen molar-refractivity contribution in [3.8, 4) is 11.3 Å². The van der Waals surface area contributed by atoms with E-state index < -0.39 is 0 Å². The molecule has 0 amide bonds. The lowest BCUT2D eigenvalue weighted by atomic mass is 10.1. The highest BCUT2D eigenvalue weighted by atomic mass is 32.1. The van der Waals surface area contributed by atoms with E-state index in [2.05, 4.69) is 24.5 Å². The zero-order valence-corrected chi connectivity index (χ0v) is 10.5. The van der Waals surface area contributed by atoms with Crippen molar-refractivity contribution in [3.63, 3.8) is 0 Å². The summed E-state index contributed by atoms with van der Waals surface area (Å²) in [6.07, 6.45) is 2.96. The lowest BCUT2D eigenvalue weighted by Crippen LogP contribution is -1.92. The van der Waals surface area contributed by atoms with Crippen LogP contribution in [0.4, 0.5) is 0 Å². The molecule has 2 nitrogen and oxygen atoms in total. The standard InChI is InChI=1S/C13H15NOS/c1-9(2)13-11(7-10(8-15)16-13)12-5-4-6-14(12)3/h4-9H,1-3H3. The van der Waals surface area contributed by atoms with Gasteiger partial charge in [-0.05, 0) is 24.1 Å². The Hall–Kier alpha value is -1.35. The molecule has 2 aromatic heterocycles. The van der Waals surface area contributed by atoms with Crippen LogP contribution in [0.25, 0.3) is 11.3 Å². The molecular weight excluding hydrogens is 218 g/mol. The first-order valence-corrected chi connectivity index (χ1v) is 6.15. The Morgan fingerprint density at radius 1 is 1.44 bits per heavy atom. The molecule has 2 rings (SSSR count). The smallest absolute Gasteiger partial charge is 0.160 e. The zero-order chi connectivity index (χ0) is 11.7. The van der Waals surface area contributed by atoms with Gasteiger partial charge in [-0.3, -0.25) is 4.79 Å². The third kappa shape index (κ3) is 1.83. The van der Waals surface area contributed by atoms with Crippen LogP contribution in [0.5, 0.6) is 0 Å². The third-order valence-corrected chi connectivity index (χ3v) is 4.00. The molecule has 0 aliphatic rings. The molecule has 0 aliphatic carbocycles. The van der Waals surface area contributed by atoms with Crippen LogP contribution in [-0.4, -0.2) is 10.9 Å². The summed E-state index contributed by atoms with van der Waals surface area (Å²) in [5.41, 5.74) is 2.36. The third-order valence-electron chi connectivity index (χ3n) is 2.64. The molecule has 16 heavy (non-hydrogen) atoms. The average Bonchev–Trinajstić information content (AvgIpc) is 2.82. The fourth-order valence-electron chi connectivity index (χ4n) is 1.85. The van der Waals surface area contributed by atoms with E-state index in [1.54, 1.807) is 11.3 Å². The molecule has 0 saturated heterocycles. The van der Waals surface area contributed by atoms with Crippen molar-refractivity contribution in [1.82, 2.24) is 4.57 Å². The summed E-state index contributed by atoms with van der Waals surface area (Å²) >= 11 is 1.59. The minimum atomic E-state index is 0.448. The molecule has 84 valence electrons. The highest BCUT2D eigenvalue weighted by molar-refractivity contribution is 7.14. The molecule has 0 saturated carbocycles. The average molecular weight is 233 g/mol. The van der Waals surface area contributed by atoms with Crippen molar-refractivity contribution >= 4 is 17.6 Å². The van der Waals surface area contributed by atoms with E-state index in [-0.39, 0.29) is 0 Å². The monoisotopic (exact) mass is 233 g/mol. The van der Waals surface area contributed by atoms with Crippen LogP contribution >= 0.6 is 11.3 Å². The number of aldehydes is 1. The molecule has 0 aliphatic heterocycles. The summed E-state index contributed by atoms with van der Waals surface area (Å²) < 4.78 is 2.09. The molecule has 0 N–H and O–H groups in total. The number of carbonyl (C=O) groups is 1. The molecule has 0 radical (unpaired) electrons. The minimum absolute atomic E-state index is 0.448. The number of aryl methyl sites for hydroxylation is 1. The van der Waals surface area contributed by atoms with E-state index in [9.17, 15) is 4.79 Å². The lowest BCUT2D eigenvalue weighted by Gasteiger charge is -2.07. The summed E-state index contributed by atoms with van der Waals surface area (Å²) in [5.74, 6) is 0.448. The van der Waals surface area contributed by atoms with Crippen molar-refractivity contribution in [2.24, 2.45) is 7.05 Å². The SMILES string of the molecule is CC(C)c1sc(C=O)cc1-c1cccn1C. The normalized spacial score (nSPS) is 11.0. The Labute approximate surface area is 99.5 Å². The number of hydrogen-bond donors (Lipinski definition) is 0. The summed E-state index contributed by atoms with van der Waals surface area (Å²) in [5, 5.41) is 0. The fourth-order valence-corrected chi connectivity index (χ4v) is 2.84. The predicted octanol–water partition coefficient (Wildman–Crippen LogP) is 3.69. The second-order valence-corrected chi connectivity index (χ2v) is 5.32. The molecule has 0 unspecified atom stereocenters. The summed E-state index contributed by atoms with van der Waals surface area (Å²) in [7, 11) is 2.03. The van der Waals surface area contributed by atoms with Gasteiger partial charge >= 0.3 is 0 Å². The second-order valence-electron chi connectivity index (χ2n) is 4.20. The molecule has 0 atom stereocenters. The first-order chi connectivity index (χ1) is 7.63. The number of thiophene rings is 1. The van der Waals surface area contributed by atoms with Crippen molar-refractivity contribution in [1.29, 1.82) is 0 Å². The molecule has 0 aromatic carbocycles. The Morgan fingerprint density at radius 3 is 2.69 bits per heavy atom. The van der Waals surface area contributed by atoms with Gasteiger partial charge in [-0.25, -0.2) is 0 Å². The lowest BCUT2D eigenvalue weighted by molar-refractivity contribution is 0.112. The number of nitrogens with zero attached hydrogens (tertiary/aromatic N) is 1. The highest BCUT2D eigenvalue weighted by Gasteiger charge is 2.15. The Bertz CT molecular complexity index is 508. The van der Waals surface area contributed by atoms with E-state index >= 15 is 0 Å². The van der Waals surface area contributed by atoms with Crippen molar-refractivity contribution < 1.29 is 4.79 Å². The van der Waals surface area contributed by atoms with Gasteiger partial charge in [0.15, 0.2) is 6.29 Å². The van der Waals surface area contributed by atoms with Crippen LogP contribution in [0, 0.1) is 0 Å². The van der Waals surface area contributed by atoms with E-state index in [4.69, 9.17) is 0 Å². The molecule has 3 heteroatoms. The van der Waals surface area contributed by atoms with Gasteiger partial charge < -0.3 is 4.57 Å². The van der Waals surface area contributed by atoms with Crippen molar-refractivity contribution in [2.75, 3.05) is 0 Å². The maximum Gasteiger partial charge on any atom is 0.160 e. The van der Waals surface area contributed by atoms with Gasteiger partial charge in [-0.1, -0.05) is 13.8 Å². The largest absolute Gasteiger partial charge is 0.351 e. The minimum Gasteiger partial charge on any atom is -0.351 e. The quantitative estimate of drug-likeness (QED) is 0.741. The number of carbonyl (C=O) groups excluding carboxylic acids is 1. The van der Waals surface area contributed by atoms with Gasteiger partial charge in [0.25, 0.3) is 0 Å². The maximum atomic E-state index is 10.9. The van der Waals surface area contributed by atoms with E-state index in [0.717, 1.165) is 11.2 Å². The van der Waals surface area contributed by atoms with E-state index in [1.165, 1.54) is 16.1 Å². The Balaban J connectivity index is 2.59. The van der Waals surface area contributed by atoms with Gasteiger partial charge in [0.05, 0.1) is 4.88 Å². The Morgan fingerprint density at radius 2 is 2.19 bits per heavy atom. The highest BCUT2D eigenvalue weighted by Crippen LogP contribution is 2.35. The molecule has 2 heterocycles. The van der Waals surface area contributed by atoms with Crippen LogP contribution < -0.4 is 0 Å². The van der Waals surface area contributed by atoms with Gasteiger partial charge in [0.2, 0.25) is 0 Å². The Kier molecular flexibility index (Phi) is 2.97. The van der Waals surface area contributed by atoms with Crippen LogP contribution in [0.2, 0.25) is 0 Å². The predicted molar refractivity (Wildman–Crippen MR) is 68.2 cm³/mol. The molecule has 0 bridgehead atoms. The van der Waals surface area contributed by atoms with Gasteiger partial charge in [-0.15, -0.1) is 11.3 Å². The van der Waals surface area contributed by atoms with E-state index in [0.29, 0.717) is 5.92 Å². The van der Waals surface area contributed by atoms with Crippen LogP contribution in [0.1, 0.15) is 34.3 Å². The van der Waals surface area contributed by atoms with Crippen LogP contribution in [-0.2, 0) is 7.05 Å². The summed E-state index contributed by atoms with van der Waals surface area (Å²) in [4.78, 5) is 12.9. The first-order valence-electron chi connectivity index (χ1n) is 5.34. The maximum absolute atomic E-state index is 10.9. The van der Waals surface area contributed by atoms with Crippen molar-refractivity contribution in [2.45, 2.75) is 19.8 Å². The van der Waals surface area contributed by atoms with Gasteiger partial charge in [-0.2, -0.15) is 0 Å². The number of aromatic nitrogens is 1. The van der Waals surface area contributed by atoms with E-state index in [1.807, 2.05) is 25.4 Å². The molecule has 0 spiro atoms. The van der Waals surface area contributed by atoms with Gasteiger partial charge in [0.1, 0.15) is 0 Å². The van der Waals surface area contributed by atoms with Crippen LogP contribution in [0.3, 0.4) is 0 Å². The summed E-state index contributed by atoms with van der Waals surface area (Å²) in [6.45, 7) is 4.32. The van der Waals surface area contributed by atoms with Crippen molar-refractivity contribution in [3.05, 3.63) is 34.2 Å². The molecule has 2 aromatic rings.